The van der Waals surface area contributed by atoms with Gasteiger partial charge in [0.25, 0.3) is 0 Å². The summed E-state index contributed by atoms with van der Waals surface area (Å²) in [5.74, 6) is 0.529. The number of hydrogen-bond donors (Lipinski definition) is 0. The number of carbonyl (C=O) groups is 2. The average Bonchev–Trinajstić information content (AvgIpc) is 2.91. The fourth-order valence-electron chi connectivity index (χ4n) is 2.84. The second kappa shape index (κ2) is 6.74. The number of aryl methyl sites for hydroxylation is 1. The predicted octanol–water partition coefficient (Wildman–Crippen LogP) is 2.10. The molecule has 2 amide bonds. The first-order valence-electron chi connectivity index (χ1n) is 7.29. The van der Waals surface area contributed by atoms with E-state index in [4.69, 9.17) is 0 Å². The number of halogens is 2. The summed E-state index contributed by atoms with van der Waals surface area (Å²) in [7, 11) is 0. The average molecular weight is 342 g/mol. The molecule has 1 fully saturated rings. The van der Waals surface area contributed by atoms with Crippen LogP contribution >= 0.6 is 11.8 Å². The highest BCUT2D eigenvalue weighted by Gasteiger charge is 2.30. The Morgan fingerprint density at radius 1 is 1.39 bits per heavy atom. The maximum absolute atomic E-state index is 12.6. The quantitative estimate of drug-likeness (QED) is 0.841. The molecule has 0 N–H and O–H groups in total. The zero-order valence-electron chi connectivity index (χ0n) is 12.3. The van der Waals surface area contributed by atoms with Crippen LogP contribution < -0.4 is 9.64 Å². The van der Waals surface area contributed by atoms with E-state index in [1.807, 2.05) is 6.07 Å². The Balaban J connectivity index is 1.85. The van der Waals surface area contributed by atoms with Gasteiger partial charge in [0, 0.05) is 6.54 Å². The fraction of sp³-hybridized carbons (Fsp3) is 0.467. The maximum atomic E-state index is 12.6. The van der Waals surface area contributed by atoms with Gasteiger partial charge in [0.1, 0.15) is 12.3 Å². The van der Waals surface area contributed by atoms with Crippen LogP contribution in [-0.2, 0) is 16.0 Å². The molecule has 23 heavy (non-hydrogen) atoms. The van der Waals surface area contributed by atoms with E-state index in [1.54, 1.807) is 6.07 Å². The molecular weight excluding hydrogens is 326 g/mol. The van der Waals surface area contributed by atoms with E-state index in [2.05, 4.69) is 4.74 Å². The monoisotopic (exact) mass is 342 g/mol. The molecule has 1 saturated heterocycles. The predicted molar refractivity (Wildman–Crippen MR) is 82.8 cm³/mol. The molecule has 0 radical (unpaired) electrons. The first kappa shape index (κ1) is 16.0. The molecule has 0 saturated carbocycles. The van der Waals surface area contributed by atoms with E-state index in [-0.39, 0.29) is 24.1 Å². The third-order valence-electron chi connectivity index (χ3n) is 3.85. The number of rotatable bonds is 4. The molecule has 0 atom stereocenters. The van der Waals surface area contributed by atoms with Crippen LogP contribution in [0, 0.1) is 0 Å². The Labute approximate surface area is 136 Å². The highest BCUT2D eigenvalue weighted by atomic mass is 32.2. The summed E-state index contributed by atoms with van der Waals surface area (Å²) in [5, 5.41) is 0. The molecule has 2 aliphatic rings. The minimum Gasteiger partial charge on any atom is -0.433 e. The van der Waals surface area contributed by atoms with Crippen molar-refractivity contribution in [2.75, 3.05) is 29.6 Å². The van der Waals surface area contributed by atoms with Gasteiger partial charge in [-0.3, -0.25) is 9.59 Å². The van der Waals surface area contributed by atoms with Crippen LogP contribution in [0.2, 0.25) is 0 Å². The number of nitrogens with zero attached hydrogens (tertiary/aromatic N) is 2. The summed E-state index contributed by atoms with van der Waals surface area (Å²) in [6.07, 6.45) is 1.46. The lowest BCUT2D eigenvalue weighted by molar-refractivity contribution is -0.131. The third-order valence-corrected chi connectivity index (χ3v) is 4.79. The van der Waals surface area contributed by atoms with E-state index >= 15 is 0 Å². The van der Waals surface area contributed by atoms with Crippen LogP contribution in [0.25, 0.3) is 0 Å². The lowest BCUT2D eigenvalue weighted by atomic mass is 10.0. The normalized spacial score (nSPS) is 17.6. The van der Waals surface area contributed by atoms with Crippen molar-refractivity contribution < 1.29 is 23.1 Å². The molecular formula is C15H16F2N2O3S. The van der Waals surface area contributed by atoms with Crippen molar-refractivity contribution in [2.24, 2.45) is 0 Å². The lowest BCUT2D eigenvalue weighted by Crippen LogP contribution is -2.43. The van der Waals surface area contributed by atoms with Crippen molar-refractivity contribution in [3.63, 3.8) is 0 Å². The Kier molecular flexibility index (Phi) is 4.70. The molecule has 3 rings (SSSR count). The number of anilines is 1. The Morgan fingerprint density at radius 2 is 2.22 bits per heavy atom. The third kappa shape index (κ3) is 3.41. The zero-order chi connectivity index (χ0) is 16.4. The number of amides is 2. The van der Waals surface area contributed by atoms with Crippen molar-refractivity contribution in [3.05, 3.63) is 23.8 Å². The van der Waals surface area contributed by atoms with Gasteiger partial charge >= 0.3 is 6.61 Å². The summed E-state index contributed by atoms with van der Waals surface area (Å²) in [6, 6.07) is 4.89. The first-order chi connectivity index (χ1) is 11.1. The van der Waals surface area contributed by atoms with Crippen LogP contribution in [0.15, 0.2) is 18.2 Å². The lowest BCUT2D eigenvalue weighted by Gasteiger charge is -2.32. The highest BCUT2D eigenvalue weighted by molar-refractivity contribution is 8.00. The van der Waals surface area contributed by atoms with E-state index in [0.717, 1.165) is 12.0 Å². The number of alkyl halides is 2. The summed E-state index contributed by atoms with van der Waals surface area (Å²) >= 11 is 1.46. The van der Waals surface area contributed by atoms with Crippen molar-refractivity contribution in [1.29, 1.82) is 0 Å². The highest BCUT2D eigenvalue weighted by Crippen LogP contribution is 2.37. The molecule has 5 nitrogen and oxygen atoms in total. The summed E-state index contributed by atoms with van der Waals surface area (Å²) in [6.45, 7) is -2.55. The summed E-state index contributed by atoms with van der Waals surface area (Å²) in [5.41, 5.74) is 1.22. The number of benzene rings is 1. The summed E-state index contributed by atoms with van der Waals surface area (Å²) in [4.78, 5) is 27.2. The molecule has 0 aromatic heterocycles. The number of ether oxygens (including phenoxy) is 1. The van der Waals surface area contributed by atoms with Crippen LogP contribution in [0.1, 0.15) is 12.0 Å². The topological polar surface area (TPSA) is 49.9 Å². The maximum Gasteiger partial charge on any atom is 0.387 e. The van der Waals surface area contributed by atoms with Crippen molar-refractivity contribution >= 4 is 29.3 Å². The van der Waals surface area contributed by atoms with Gasteiger partial charge in [-0.25, -0.2) is 0 Å². The molecule has 2 aliphatic heterocycles. The SMILES string of the molecule is O=C1CSCN1CC(=O)N1CCCc2cccc(OC(F)F)c21. The van der Waals surface area contributed by atoms with Gasteiger partial charge < -0.3 is 14.5 Å². The number of hydrogen-bond acceptors (Lipinski definition) is 4. The summed E-state index contributed by atoms with van der Waals surface area (Å²) < 4.78 is 29.8. The first-order valence-corrected chi connectivity index (χ1v) is 8.44. The molecule has 2 heterocycles. The molecule has 0 aliphatic carbocycles. The molecule has 1 aromatic rings. The van der Waals surface area contributed by atoms with Crippen molar-refractivity contribution in [3.8, 4) is 5.75 Å². The van der Waals surface area contributed by atoms with E-state index in [1.165, 1.54) is 27.6 Å². The minimum atomic E-state index is -2.95. The van der Waals surface area contributed by atoms with E-state index in [9.17, 15) is 18.4 Å². The van der Waals surface area contributed by atoms with Crippen LogP contribution in [-0.4, -0.2) is 48.0 Å². The van der Waals surface area contributed by atoms with Gasteiger partial charge in [-0.15, -0.1) is 11.8 Å². The number of fused-ring (bicyclic) bond motifs is 1. The molecule has 8 heteroatoms. The van der Waals surface area contributed by atoms with E-state index < -0.39 is 6.61 Å². The van der Waals surface area contributed by atoms with Crippen LogP contribution in [0.4, 0.5) is 14.5 Å². The van der Waals surface area contributed by atoms with Gasteiger partial charge in [-0.05, 0) is 24.5 Å². The smallest absolute Gasteiger partial charge is 0.387 e. The number of para-hydroxylation sites is 1. The second-order valence-electron chi connectivity index (χ2n) is 5.36. The Bertz CT molecular complexity index is 627. The van der Waals surface area contributed by atoms with Gasteiger partial charge in [0.15, 0.2) is 0 Å². The molecule has 0 spiro atoms. The van der Waals surface area contributed by atoms with Crippen molar-refractivity contribution in [1.82, 2.24) is 4.90 Å². The van der Waals surface area contributed by atoms with Crippen LogP contribution in [0.5, 0.6) is 5.75 Å². The second-order valence-corrected chi connectivity index (χ2v) is 6.32. The molecule has 0 unspecified atom stereocenters. The largest absolute Gasteiger partial charge is 0.433 e. The Morgan fingerprint density at radius 3 is 2.91 bits per heavy atom. The fourth-order valence-corrected chi connectivity index (χ4v) is 3.75. The van der Waals surface area contributed by atoms with Crippen molar-refractivity contribution in [2.45, 2.75) is 19.5 Å². The number of carbonyl (C=O) groups excluding carboxylic acids is 2. The minimum absolute atomic E-state index is 0.00711. The number of thioether (sulfide) groups is 1. The van der Waals surface area contributed by atoms with E-state index in [0.29, 0.717) is 30.3 Å². The standard InChI is InChI=1S/C15H16F2N2O3S/c16-15(17)22-11-5-1-3-10-4-2-6-19(14(10)11)12(20)7-18-9-23-8-13(18)21/h1,3,5,15H,2,4,6-9H2. The van der Waals surface area contributed by atoms with Gasteiger partial charge in [-0.1, -0.05) is 12.1 Å². The molecule has 124 valence electrons. The zero-order valence-corrected chi connectivity index (χ0v) is 13.2. The Hall–Kier alpha value is -1.83. The van der Waals surface area contributed by atoms with Gasteiger partial charge in [-0.2, -0.15) is 8.78 Å². The molecule has 0 bridgehead atoms. The molecule has 1 aromatic carbocycles. The van der Waals surface area contributed by atoms with Gasteiger partial charge in [0.2, 0.25) is 11.8 Å². The van der Waals surface area contributed by atoms with Gasteiger partial charge in [0.05, 0.1) is 17.3 Å². The van der Waals surface area contributed by atoms with Crippen LogP contribution in [0.3, 0.4) is 0 Å².